The molecule has 124 valence electrons. The summed E-state index contributed by atoms with van der Waals surface area (Å²) < 4.78 is 1.75. The summed E-state index contributed by atoms with van der Waals surface area (Å²) in [5.74, 6) is -0.0817. The highest BCUT2D eigenvalue weighted by atomic mass is 35.5. The van der Waals surface area contributed by atoms with E-state index in [1.165, 1.54) is 0 Å². The van der Waals surface area contributed by atoms with Crippen LogP contribution >= 0.6 is 12.4 Å². The highest BCUT2D eigenvalue weighted by molar-refractivity contribution is 5.93. The molecule has 2 heterocycles. The Bertz CT molecular complexity index is 632. The summed E-state index contributed by atoms with van der Waals surface area (Å²) in [5, 5.41) is 19.9. The van der Waals surface area contributed by atoms with Gasteiger partial charge < -0.3 is 15.7 Å². The first-order valence-corrected chi connectivity index (χ1v) is 7.46. The third kappa shape index (κ3) is 4.54. The SMILES string of the molecule is Cl.O=C(NCC1CNCC1O)c1cnn(Cc2ccccc2)c1. The normalized spacial score (nSPS) is 20.0. The van der Waals surface area contributed by atoms with Crippen LogP contribution in [0.5, 0.6) is 0 Å². The third-order valence-electron chi connectivity index (χ3n) is 3.91. The summed E-state index contributed by atoms with van der Waals surface area (Å²) in [5.41, 5.74) is 1.68. The lowest BCUT2D eigenvalue weighted by Crippen LogP contribution is -2.34. The molecule has 1 fully saturated rings. The Kier molecular flexibility index (Phi) is 6.15. The number of hydrogen-bond donors (Lipinski definition) is 3. The summed E-state index contributed by atoms with van der Waals surface area (Å²) in [7, 11) is 0. The topological polar surface area (TPSA) is 79.2 Å². The van der Waals surface area contributed by atoms with Crippen LogP contribution in [0.1, 0.15) is 15.9 Å². The molecule has 6 nitrogen and oxygen atoms in total. The van der Waals surface area contributed by atoms with E-state index < -0.39 is 0 Å². The Balaban J connectivity index is 0.00000192. The van der Waals surface area contributed by atoms with Gasteiger partial charge in [0.05, 0.1) is 24.4 Å². The fourth-order valence-corrected chi connectivity index (χ4v) is 2.59. The van der Waals surface area contributed by atoms with Gasteiger partial charge in [-0.15, -0.1) is 12.4 Å². The van der Waals surface area contributed by atoms with Crippen molar-refractivity contribution >= 4 is 18.3 Å². The maximum atomic E-state index is 12.1. The fraction of sp³-hybridized carbons (Fsp3) is 0.375. The molecule has 1 aromatic heterocycles. The smallest absolute Gasteiger partial charge is 0.254 e. The average Bonchev–Trinajstić information content (AvgIpc) is 3.15. The second kappa shape index (κ2) is 8.10. The van der Waals surface area contributed by atoms with E-state index in [0.717, 1.165) is 12.1 Å². The van der Waals surface area contributed by atoms with Crippen molar-refractivity contribution in [1.82, 2.24) is 20.4 Å². The van der Waals surface area contributed by atoms with Crippen molar-refractivity contribution in [2.75, 3.05) is 19.6 Å². The van der Waals surface area contributed by atoms with Gasteiger partial charge in [-0.25, -0.2) is 0 Å². The van der Waals surface area contributed by atoms with Crippen molar-refractivity contribution in [3.63, 3.8) is 0 Å². The lowest BCUT2D eigenvalue weighted by Gasteiger charge is -2.13. The Morgan fingerprint density at radius 3 is 2.83 bits per heavy atom. The first-order valence-electron chi connectivity index (χ1n) is 7.46. The Hall–Kier alpha value is -1.89. The van der Waals surface area contributed by atoms with Crippen LogP contribution in [0.4, 0.5) is 0 Å². The quantitative estimate of drug-likeness (QED) is 0.749. The number of nitrogens with one attached hydrogen (secondary N) is 2. The van der Waals surface area contributed by atoms with Gasteiger partial charge in [-0.2, -0.15) is 5.10 Å². The van der Waals surface area contributed by atoms with Crippen LogP contribution in [-0.2, 0) is 6.54 Å². The van der Waals surface area contributed by atoms with Gasteiger partial charge in [0.1, 0.15) is 0 Å². The van der Waals surface area contributed by atoms with Gasteiger partial charge in [-0.1, -0.05) is 30.3 Å². The molecular weight excluding hydrogens is 316 g/mol. The van der Waals surface area contributed by atoms with E-state index in [0.29, 0.717) is 25.2 Å². The van der Waals surface area contributed by atoms with Crippen LogP contribution in [0.3, 0.4) is 0 Å². The first kappa shape index (κ1) is 17.5. The van der Waals surface area contributed by atoms with Gasteiger partial charge in [-0.05, 0) is 5.56 Å². The van der Waals surface area contributed by atoms with E-state index >= 15 is 0 Å². The van der Waals surface area contributed by atoms with Crippen molar-refractivity contribution < 1.29 is 9.90 Å². The number of rotatable bonds is 5. The van der Waals surface area contributed by atoms with Crippen molar-refractivity contribution in [1.29, 1.82) is 0 Å². The number of aliphatic hydroxyl groups is 1. The van der Waals surface area contributed by atoms with E-state index in [-0.39, 0.29) is 30.3 Å². The number of amides is 1. The molecule has 2 atom stereocenters. The molecule has 1 aliphatic rings. The molecule has 3 N–H and O–H groups in total. The van der Waals surface area contributed by atoms with Crippen LogP contribution in [0.2, 0.25) is 0 Å². The molecule has 1 saturated heterocycles. The zero-order valence-electron chi connectivity index (χ0n) is 12.7. The zero-order chi connectivity index (χ0) is 15.4. The number of halogens is 1. The number of hydrogen-bond acceptors (Lipinski definition) is 4. The number of nitrogens with zero attached hydrogens (tertiary/aromatic N) is 2. The molecule has 23 heavy (non-hydrogen) atoms. The molecule has 0 aliphatic carbocycles. The van der Waals surface area contributed by atoms with Gasteiger partial charge in [0.25, 0.3) is 5.91 Å². The maximum Gasteiger partial charge on any atom is 0.254 e. The molecule has 7 heteroatoms. The van der Waals surface area contributed by atoms with E-state index in [4.69, 9.17) is 0 Å². The molecule has 0 saturated carbocycles. The van der Waals surface area contributed by atoms with E-state index in [1.807, 2.05) is 30.3 Å². The molecular formula is C16H21ClN4O2. The summed E-state index contributed by atoms with van der Waals surface area (Å²) in [6.45, 7) is 2.43. The van der Waals surface area contributed by atoms with Gasteiger partial charge >= 0.3 is 0 Å². The second-order valence-electron chi connectivity index (χ2n) is 5.61. The van der Waals surface area contributed by atoms with Crippen LogP contribution < -0.4 is 10.6 Å². The number of benzene rings is 1. The molecule has 3 rings (SSSR count). The number of aromatic nitrogens is 2. The number of carbonyl (C=O) groups excluding carboxylic acids is 1. The molecule has 1 aromatic carbocycles. The summed E-state index contributed by atoms with van der Waals surface area (Å²) >= 11 is 0. The number of aliphatic hydroxyl groups excluding tert-OH is 1. The van der Waals surface area contributed by atoms with E-state index in [2.05, 4.69) is 15.7 Å². The minimum absolute atomic E-state index is 0. The van der Waals surface area contributed by atoms with Gasteiger partial charge in [0, 0.05) is 31.7 Å². The highest BCUT2D eigenvalue weighted by Gasteiger charge is 2.25. The van der Waals surface area contributed by atoms with Crippen molar-refractivity contribution in [2.45, 2.75) is 12.6 Å². The molecule has 0 spiro atoms. The van der Waals surface area contributed by atoms with Crippen LogP contribution in [0.15, 0.2) is 42.7 Å². The second-order valence-corrected chi connectivity index (χ2v) is 5.61. The highest BCUT2D eigenvalue weighted by Crippen LogP contribution is 2.08. The molecule has 1 amide bonds. The molecule has 0 radical (unpaired) electrons. The Labute approximate surface area is 141 Å². The summed E-state index contributed by atoms with van der Waals surface area (Å²) in [6, 6.07) is 9.98. The molecule has 2 unspecified atom stereocenters. The Morgan fingerprint density at radius 2 is 2.13 bits per heavy atom. The average molecular weight is 337 g/mol. The van der Waals surface area contributed by atoms with Crippen LogP contribution in [0.25, 0.3) is 0 Å². The van der Waals surface area contributed by atoms with E-state index in [9.17, 15) is 9.90 Å². The predicted molar refractivity (Wildman–Crippen MR) is 89.7 cm³/mol. The lowest BCUT2D eigenvalue weighted by atomic mass is 10.1. The van der Waals surface area contributed by atoms with Gasteiger partial charge in [0.15, 0.2) is 0 Å². The van der Waals surface area contributed by atoms with Gasteiger partial charge in [-0.3, -0.25) is 9.48 Å². The van der Waals surface area contributed by atoms with E-state index in [1.54, 1.807) is 17.1 Å². The van der Waals surface area contributed by atoms with Crippen LogP contribution in [-0.4, -0.2) is 46.5 Å². The van der Waals surface area contributed by atoms with Crippen molar-refractivity contribution in [2.24, 2.45) is 5.92 Å². The minimum Gasteiger partial charge on any atom is -0.391 e. The first-order chi connectivity index (χ1) is 10.7. The monoisotopic (exact) mass is 336 g/mol. The fourth-order valence-electron chi connectivity index (χ4n) is 2.59. The number of β-amino-alcohol motifs (C(OH)–C–C–N with tert-alkyl or cyclic N) is 1. The predicted octanol–water partition coefficient (Wildman–Crippen LogP) is 0.663. The zero-order valence-corrected chi connectivity index (χ0v) is 13.5. The standard InChI is InChI=1S/C16H20N4O2.ClH/c21-15-9-17-6-13(15)7-18-16(22)14-8-19-20(11-14)10-12-4-2-1-3-5-12;/h1-5,8,11,13,15,17,21H,6-7,9-10H2,(H,18,22);1H. The third-order valence-corrected chi connectivity index (χ3v) is 3.91. The minimum atomic E-state index is -0.388. The van der Waals surface area contributed by atoms with Gasteiger partial charge in [0.2, 0.25) is 0 Å². The largest absolute Gasteiger partial charge is 0.391 e. The molecule has 2 aromatic rings. The van der Waals surface area contributed by atoms with Crippen molar-refractivity contribution in [3.05, 3.63) is 53.9 Å². The van der Waals surface area contributed by atoms with Crippen molar-refractivity contribution in [3.8, 4) is 0 Å². The number of carbonyl (C=O) groups is 1. The maximum absolute atomic E-state index is 12.1. The lowest BCUT2D eigenvalue weighted by molar-refractivity contribution is 0.0927. The Morgan fingerprint density at radius 1 is 1.35 bits per heavy atom. The van der Waals surface area contributed by atoms with Crippen LogP contribution in [0, 0.1) is 5.92 Å². The molecule has 1 aliphatic heterocycles. The summed E-state index contributed by atoms with van der Waals surface area (Å²) in [6.07, 6.45) is 2.92. The molecule has 0 bridgehead atoms. The summed E-state index contributed by atoms with van der Waals surface area (Å²) in [4.78, 5) is 12.1.